The molecule has 14 heavy (non-hydrogen) atoms. The van der Waals surface area contributed by atoms with Crippen molar-refractivity contribution in [1.82, 2.24) is 0 Å². The highest BCUT2D eigenvalue weighted by molar-refractivity contribution is 5.66. The molecule has 0 radical (unpaired) electrons. The molecule has 0 aromatic carbocycles. The average Bonchev–Trinajstić information content (AvgIpc) is 2.14. The standard InChI is InChI=1S/C11H15NO2/c1-2-5-10(6-3-4-9-12)7-8-11(13)14/h1,10H,3-8H2,(H,13,14). The Bertz CT molecular complexity index is 247. The van der Waals surface area contributed by atoms with E-state index in [1.165, 1.54) is 0 Å². The Hall–Kier alpha value is -1.48. The summed E-state index contributed by atoms with van der Waals surface area (Å²) >= 11 is 0. The fraction of sp³-hybridized carbons (Fsp3) is 0.636. The second-order valence-corrected chi connectivity index (χ2v) is 3.26. The Balaban J connectivity index is 3.73. The second kappa shape index (κ2) is 8.13. The van der Waals surface area contributed by atoms with E-state index in [1.807, 2.05) is 0 Å². The predicted molar refractivity (Wildman–Crippen MR) is 53.3 cm³/mol. The van der Waals surface area contributed by atoms with Gasteiger partial charge in [-0.1, -0.05) is 0 Å². The summed E-state index contributed by atoms with van der Waals surface area (Å²) in [5, 5.41) is 16.8. The van der Waals surface area contributed by atoms with Gasteiger partial charge in [0.2, 0.25) is 0 Å². The van der Waals surface area contributed by atoms with Gasteiger partial charge in [0.05, 0.1) is 6.07 Å². The highest BCUT2D eigenvalue weighted by atomic mass is 16.4. The molecule has 0 saturated carbocycles. The molecule has 0 saturated heterocycles. The highest BCUT2D eigenvalue weighted by Gasteiger charge is 2.09. The van der Waals surface area contributed by atoms with Crippen LogP contribution in [0.25, 0.3) is 0 Å². The molecule has 0 spiro atoms. The van der Waals surface area contributed by atoms with Crippen molar-refractivity contribution in [3.63, 3.8) is 0 Å². The number of hydrogen-bond acceptors (Lipinski definition) is 2. The van der Waals surface area contributed by atoms with Crippen molar-refractivity contribution in [3.05, 3.63) is 0 Å². The van der Waals surface area contributed by atoms with Gasteiger partial charge < -0.3 is 5.11 Å². The Kier molecular flexibility index (Phi) is 7.27. The van der Waals surface area contributed by atoms with E-state index in [0.29, 0.717) is 19.3 Å². The molecule has 76 valence electrons. The first kappa shape index (κ1) is 12.5. The van der Waals surface area contributed by atoms with E-state index in [2.05, 4.69) is 12.0 Å². The van der Waals surface area contributed by atoms with E-state index in [4.69, 9.17) is 16.8 Å². The molecule has 3 nitrogen and oxygen atoms in total. The number of rotatable bonds is 7. The minimum atomic E-state index is -0.785. The molecular weight excluding hydrogens is 178 g/mol. The minimum absolute atomic E-state index is 0.166. The number of aliphatic carboxylic acids is 1. The third-order valence-corrected chi connectivity index (χ3v) is 2.07. The van der Waals surface area contributed by atoms with Crippen molar-refractivity contribution in [1.29, 1.82) is 5.26 Å². The number of nitrogens with zero attached hydrogens (tertiary/aromatic N) is 1. The van der Waals surface area contributed by atoms with Gasteiger partial charge >= 0.3 is 5.97 Å². The Morgan fingerprint density at radius 2 is 2.21 bits per heavy atom. The third-order valence-electron chi connectivity index (χ3n) is 2.07. The summed E-state index contributed by atoms with van der Waals surface area (Å²) in [5.74, 6) is 2.01. The van der Waals surface area contributed by atoms with Gasteiger partial charge in [-0.25, -0.2) is 0 Å². The number of carboxylic acid groups (broad SMARTS) is 1. The molecule has 0 aromatic heterocycles. The highest BCUT2D eigenvalue weighted by Crippen LogP contribution is 2.18. The van der Waals surface area contributed by atoms with Crippen LogP contribution in [-0.4, -0.2) is 11.1 Å². The molecule has 0 rings (SSSR count). The lowest BCUT2D eigenvalue weighted by atomic mass is 9.94. The van der Waals surface area contributed by atoms with E-state index in [-0.39, 0.29) is 12.3 Å². The molecular formula is C11H15NO2. The van der Waals surface area contributed by atoms with Gasteiger partial charge in [0.15, 0.2) is 0 Å². The zero-order chi connectivity index (χ0) is 10.8. The number of unbranched alkanes of at least 4 members (excludes halogenated alkanes) is 1. The van der Waals surface area contributed by atoms with E-state index >= 15 is 0 Å². The van der Waals surface area contributed by atoms with Crippen LogP contribution in [-0.2, 0) is 4.79 Å². The summed E-state index contributed by atoms with van der Waals surface area (Å²) < 4.78 is 0. The molecule has 0 aliphatic rings. The number of terminal acetylenes is 1. The monoisotopic (exact) mass is 193 g/mol. The molecule has 0 aromatic rings. The zero-order valence-corrected chi connectivity index (χ0v) is 8.20. The molecule has 1 N–H and O–H groups in total. The lowest BCUT2D eigenvalue weighted by Gasteiger charge is -2.11. The van der Waals surface area contributed by atoms with Crippen LogP contribution >= 0.6 is 0 Å². The van der Waals surface area contributed by atoms with E-state index in [9.17, 15) is 4.79 Å². The molecule has 0 aliphatic carbocycles. The van der Waals surface area contributed by atoms with Crippen molar-refractivity contribution >= 4 is 5.97 Å². The van der Waals surface area contributed by atoms with Gasteiger partial charge in [-0.3, -0.25) is 4.79 Å². The maximum absolute atomic E-state index is 10.3. The zero-order valence-electron chi connectivity index (χ0n) is 8.20. The van der Waals surface area contributed by atoms with E-state index in [0.717, 1.165) is 12.8 Å². The lowest BCUT2D eigenvalue weighted by Crippen LogP contribution is -2.04. The molecule has 1 unspecified atom stereocenters. The first-order valence-electron chi connectivity index (χ1n) is 4.73. The smallest absolute Gasteiger partial charge is 0.303 e. The number of carboxylic acids is 1. The van der Waals surface area contributed by atoms with Crippen LogP contribution in [0.2, 0.25) is 0 Å². The number of hydrogen-bond donors (Lipinski definition) is 1. The summed E-state index contributed by atoms with van der Waals surface area (Å²) in [6.45, 7) is 0. The average molecular weight is 193 g/mol. The minimum Gasteiger partial charge on any atom is -0.481 e. The quantitative estimate of drug-likeness (QED) is 0.498. The topological polar surface area (TPSA) is 61.1 Å². The van der Waals surface area contributed by atoms with Crippen LogP contribution in [0, 0.1) is 29.6 Å². The van der Waals surface area contributed by atoms with Crippen LogP contribution in [0.1, 0.15) is 38.5 Å². The predicted octanol–water partition coefficient (Wildman–Crippen LogP) is 2.18. The molecule has 0 heterocycles. The Morgan fingerprint density at radius 1 is 1.50 bits per heavy atom. The number of nitriles is 1. The summed E-state index contributed by atoms with van der Waals surface area (Å²) in [7, 11) is 0. The van der Waals surface area contributed by atoms with Crippen LogP contribution in [0.15, 0.2) is 0 Å². The summed E-state index contributed by atoms with van der Waals surface area (Å²) in [6.07, 6.45) is 8.75. The Labute approximate surface area is 84.7 Å². The maximum Gasteiger partial charge on any atom is 0.303 e. The molecule has 0 fully saturated rings. The van der Waals surface area contributed by atoms with Gasteiger partial charge in [0, 0.05) is 19.3 Å². The van der Waals surface area contributed by atoms with Gasteiger partial charge in [-0.2, -0.15) is 5.26 Å². The largest absolute Gasteiger partial charge is 0.481 e. The van der Waals surface area contributed by atoms with Gasteiger partial charge in [0.25, 0.3) is 0 Å². The van der Waals surface area contributed by atoms with Crippen molar-refractivity contribution in [2.45, 2.75) is 38.5 Å². The van der Waals surface area contributed by atoms with Crippen molar-refractivity contribution in [2.75, 3.05) is 0 Å². The molecule has 0 amide bonds. The normalized spacial score (nSPS) is 11.3. The fourth-order valence-corrected chi connectivity index (χ4v) is 1.31. The summed E-state index contributed by atoms with van der Waals surface area (Å²) in [6, 6.07) is 2.06. The van der Waals surface area contributed by atoms with Crippen LogP contribution in [0.3, 0.4) is 0 Å². The fourth-order valence-electron chi connectivity index (χ4n) is 1.31. The van der Waals surface area contributed by atoms with Gasteiger partial charge in [-0.15, -0.1) is 12.3 Å². The van der Waals surface area contributed by atoms with E-state index in [1.54, 1.807) is 0 Å². The Morgan fingerprint density at radius 3 is 2.71 bits per heavy atom. The first-order chi connectivity index (χ1) is 6.70. The van der Waals surface area contributed by atoms with Crippen LogP contribution in [0.5, 0.6) is 0 Å². The van der Waals surface area contributed by atoms with Crippen molar-refractivity contribution in [2.24, 2.45) is 5.92 Å². The second-order valence-electron chi connectivity index (χ2n) is 3.26. The SMILES string of the molecule is C#CCC(CCCC#N)CCC(=O)O. The first-order valence-corrected chi connectivity index (χ1v) is 4.73. The lowest BCUT2D eigenvalue weighted by molar-refractivity contribution is -0.137. The third kappa shape index (κ3) is 7.18. The van der Waals surface area contributed by atoms with Crippen molar-refractivity contribution in [3.8, 4) is 18.4 Å². The molecule has 0 bridgehead atoms. The number of carbonyl (C=O) groups is 1. The molecule has 0 aliphatic heterocycles. The van der Waals surface area contributed by atoms with Gasteiger partial charge in [0.1, 0.15) is 0 Å². The summed E-state index contributed by atoms with van der Waals surface area (Å²) in [4.78, 5) is 10.3. The van der Waals surface area contributed by atoms with Crippen LogP contribution in [0.4, 0.5) is 0 Å². The van der Waals surface area contributed by atoms with Gasteiger partial charge in [-0.05, 0) is 25.2 Å². The van der Waals surface area contributed by atoms with Crippen molar-refractivity contribution < 1.29 is 9.90 Å². The molecule has 3 heteroatoms. The molecule has 1 atom stereocenters. The van der Waals surface area contributed by atoms with Crippen LogP contribution < -0.4 is 0 Å². The van der Waals surface area contributed by atoms with E-state index < -0.39 is 5.97 Å². The summed E-state index contributed by atoms with van der Waals surface area (Å²) in [5.41, 5.74) is 0. The maximum atomic E-state index is 10.3.